The van der Waals surface area contributed by atoms with E-state index in [0.29, 0.717) is 12.3 Å². The second-order valence-corrected chi connectivity index (χ2v) is 11.4. The van der Waals surface area contributed by atoms with Gasteiger partial charge in [0.1, 0.15) is 6.04 Å². The summed E-state index contributed by atoms with van der Waals surface area (Å²) < 4.78 is 1.12. The Morgan fingerprint density at radius 2 is 1.71 bits per heavy atom. The lowest BCUT2D eigenvalue weighted by Gasteiger charge is -2.32. The van der Waals surface area contributed by atoms with Gasteiger partial charge in [-0.05, 0) is 93.4 Å². The second kappa shape index (κ2) is 9.51. The number of fused-ring (bicyclic) bond motifs is 1. The van der Waals surface area contributed by atoms with Gasteiger partial charge < -0.3 is 4.90 Å². The molecule has 35 heavy (non-hydrogen) atoms. The summed E-state index contributed by atoms with van der Waals surface area (Å²) in [5.41, 5.74) is 3.73. The topological polar surface area (TPSA) is 69.7 Å². The summed E-state index contributed by atoms with van der Waals surface area (Å²) in [5.74, 6) is -0.101. The molecule has 2 fully saturated rings. The van der Waals surface area contributed by atoms with Crippen LogP contribution in [-0.4, -0.2) is 48.3 Å². The van der Waals surface area contributed by atoms with E-state index in [0.717, 1.165) is 54.6 Å². The molecule has 0 spiro atoms. The molecule has 1 atom stereocenters. The molecule has 5 rings (SSSR count). The Morgan fingerprint density at radius 1 is 1.00 bits per heavy atom. The third-order valence-corrected chi connectivity index (χ3v) is 8.44. The quantitative estimate of drug-likeness (QED) is 0.577. The molecule has 0 radical (unpaired) electrons. The molecule has 3 aliphatic rings. The van der Waals surface area contributed by atoms with Crippen LogP contribution in [0.1, 0.15) is 62.1 Å². The number of likely N-dealkylation sites (tertiary alicyclic amines) is 1. The molecule has 0 aliphatic carbocycles. The molecule has 2 aromatic carbocycles. The average Bonchev–Trinajstić information content (AvgIpc) is 3.04. The maximum Gasteiger partial charge on any atom is 0.249 e. The second-order valence-electron chi connectivity index (χ2n) is 10.5. The van der Waals surface area contributed by atoms with Crippen LogP contribution < -0.4 is 10.2 Å². The zero-order valence-corrected chi connectivity index (χ0v) is 21.9. The first-order valence-corrected chi connectivity index (χ1v) is 13.3. The highest BCUT2D eigenvalue weighted by atomic mass is 79.9. The number of nitrogens with one attached hydrogen (secondary N) is 1. The molecule has 3 aliphatic heterocycles. The lowest BCUT2D eigenvalue weighted by molar-refractivity contribution is -0.136. The number of anilines is 1. The Labute approximate surface area is 215 Å². The average molecular weight is 538 g/mol. The van der Waals surface area contributed by atoms with Crippen molar-refractivity contribution in [1.82, 2.24) is 10.2 Å². The first-order valence-electron chi connectivity index (χ1n) is 12.5. The smallest absolute Gasteiger partial charge is 0.249 e. The standard InChI is InChI=1S/C28H32BrN3O3/c1-28(2)25-20(14-17-31-15-12-19(13-16-31)18-6-8-21(29)9-7-18)4-3-5-22(25)32(27(28)35)23-10-11-24(33)30-26(23)34/h3-9,19,23H,10-17H2,1-2H3,(H,30,33,34). The number of carbonyl (C=O) groups excluding carboxylic acids is 3. The van der Waals surface area contributed by atoms with Gasteiger partial charge in [-0.15, -0.1) is 0 Å². The van der Waals surface area contributed by atoms with Gasteiger partial charge >= 0.3 is 0 Å². The van der Waals surface area contributed by atoms with Gasteiger partial charge in [-0.2, -0.15) is 0 Å². The van der Waals surface area contributed by atoms with E-state index in [1.165, 1.54) is 11.1 Å². The lowest BCUT2D eigenvalue weighted by atomic mass is 9.82. The van der Waals surface area contributed by atoms with Gasteiger partial charge in [0, 0.05) is 23.1 Å². The Morgan fingerprint density at radius 3 is 2.40 bits per heavy atom. The van der Waals surface area contributed by atoms with Crippen LogP contribution in [0.25, 0.3) is 0 Å². The summed E-state index contributed by atoms with van der Waals surface area (Å²) in [4.78, 5) is 41.9. The molecule has 3 amide bonds. The highest BCUT2D eigenvalue weighted by Gasteiger charge is 2.49. The number of piperidine rings is 2. The normalized spacial score (nSPS) is 22.9. The highest BCUT2D eigenvalue weighted by Crippen LogP contribution is 2.45. The Kier molecular flexibility index (Phi) is 6.57. The van der Waals surface area contributed by atoms with E-state index in [9.17, 15) is 14.4 Å². The summed E-state index contributed by atoms with van der Waals surface area (Å²) >= 11 is 3.52. The number of imide groups is 1. The van der Waals surface area contributed by atoms with E-state index in [1.54, 1.807) is 4.90 Å². The molecule has 0 bridgehead atoms. The lowest BCUT2D eigenvalue weighted by Crippen LogP contribution is -2.55. The van der Waals surface area contributed by atoms with Crippen LogP contribution in [0.15, 0.2) is 46.9 Å². The van der Waals surface area contributed by atoms with Gasteiger partial charge in [0.15, 0.2) is 0 Å². The van der Waals surface area contributed by atoms with E-state index in [-0.39, 0.29) is 24.1 Å². The van der Waals surface area contributed by atoms with Crippen molar-refractivity contribution in [2.24, 2.45) is 0 Å². The molecule has 0 saturated carbocycles. The van der Waals surface area contributed by atoms with Crippen molar-refractivity contribution >= 4 is 39.3 Å². The molecule has 2 saturated heterocycles. The molecule has 1 unspecified atom stereocenters. The van der Waals surface area contributed by atoms with Crippen molar-refractivity contribution < 1.29 is 14.4 Å². The molecule has 184 valence electrons. The molecule has 3 heterocycles. The zero-order chi connectivity index (χ0) is 24.7. The van der Waals surface area contributed by atoms with Gasteiger partial charge in [0.25, 0.3) is 0 Å². The maximum atomic E-state index is 13.5. The first kappa shape index (κ1) is 24.2. The number of hydrogen-bond acceptors (Lipinski definition) is 4. The number of nitrogens with zero attached hydrogens (tertiary/aromatic N) is 2. The molecular formula is C28H32BrN3O3. The van der Waals surface area contributed by atoms with E-state index in [1.807, 2.05) is 26.0 Å². The van der Waals surface area contributed by atoms with Crippen LogP contribution in [0.5, 0.6) is 0 Å². The van der Waals surface area contributed by atoms with Crippen LogP contribution in [0.2, 0.25) is 0 Å². The van der Waals surface area contributed by atoms with Gasteiger partial charge in [-0.25, -0.2) is 0 Å². The largest absolute Gasteiger partial charge is 0.303 e. The van der Waals surface area contributed by atoms with Crippen LogP contribution in [0, 0.1) is 0 Å². The molecular weight excluding hydrogens is 506 g/mol. The van der Waals surface area contributed by atoms with Crippen molar-refractivity contribution in [2.75, 3.05) is 24.5 Å². The predicted octanol–water partition coefficient (Wildman–Crippen LogP) is 4.30. The first-order chi connectivity index (χ1) is 16.8. The van der Waals surface area contributed by atoms with E-state index in [2.05, 4.69) is 56.5 Å². The fourth-order valence-corrected chi connectivity index (χ4v) is 6.24. The summed E-state index contributed by atoms with van der Waals surface area (Å²) in [6.45, 7) is 6.99. The van der Waals surface area contributed by atoms with Gasteiger partial charge in [-0.3, -0.25) is 24.6 Å². The number of amides is 3. The number of benzene rings is 2. The summed E-state index contributed by atoms with van der Waals surface area (Å²) in [7, 11) is 0. The number of hydrogen-bond donors (Lipinski definition) is 1. The third-order valence-electron chi connectivity index (χ3n) is 7.91. The van der Waals surface area contributed by atoms with Crippen LogP contribution in [-0.2, 0) is 26.2 Å². The molecule has 6 nitrogen and oxygen atoms in total. The van der Waals surface area contributed by atoms with Crippen LogP contribution in [0.3, 0.4) is 0 Å². The number of rotatable bonds is 5. The Hall–Kier alpha value is -2.51. The van der Waals surface area contributed by atoms with Crippen molar-refractivity contribution in [1.29, 1.82) is 0 Å². The maximum absolute atomic E-state index is 13.5. The van der Waals surface area contributed by atoms with Crippen LogP contribution >= 0.6 is 15.9 Å². The minimum absolute atomic E-state index is 0.0650. The van der Waals surface area contributed by atoms with Gasteiger partial charge in [-0.1, -0.05) is 40.2 Å². The van der Waals surface area contributed by atoms with Crippen molar-refractivity contribution in [3.63, 3.8) is 0 Å². The van der Waals surface area contributed by atoms with Crippen molar-refractivity contribution in [3.05, 3.63) is 63.6 Å². The molecule has 2 aromatic rings. The van der Waals surface area contributed by atoms with E-state index < -0.39 is 11.5 Å². The van der Waals surface area contributed by atoms with Gasteiger partial charge in [0.2, 0.25) is 17.7 Å². The van der Waals surface area contributed by atoms with Crippen molar-refractivity contribution in [2.45, 2.75) is 63.3 Å². The van der Waals surface area contributed by atoms with E-state index >= 15 is 0 Å². The van der Waals surface area contributed by atoms with E-state index in [4.69, 9.17) is 0 Å². The summed E-state index contributed by atoms with van der Waals surface area (Å²) in [5, 5.41) is 2.41. The van der Waals surface area contributed by atoms with Crippen molar-refractivity contribution in [3.8, 4) is 0 Å². The summed E-state index contributed by atoms with van der Waals surface area (Å²) in [6, 6.07) is 14.1. The van der Waals surface area contributed by atoms with Crippen LogP contribution in [0.4, 0.5) is 5.69 Å². The third kappa shape index (κ3) is 4.56. The van der Waals surface area contributed by atoms with Gasteiger partial charge in [0.05, 0.1) is 5.41 Å². The zero-order valence-electron chi connectivity index (χ0n) is 20.4. The number of halogens is 1. The monoisotopic (exact) mass is 537 g/mol. The summed E-state index contributed by atoms with van der Waals surface area (Å²) in [6.07, 6.45) is 3.80. The molecule has 0 aromatic heterocycles. The highest BCUT2D eigenvalue weighted by molar-refractivity contribution is 9.10. The predicted molar refractivity (Wildman–Crippen MR) is 139 cm³/mol. The fourth-order valence-electron chi connectivity index (χ4n) is 5.98. The minimum Gasteiger partial charge on any atom is -0.303 e. The minimum atomic E-state index is -0.706. The molecule has 1 N–H and O–H groups in total. The number of carbonyl (C=O) groups is 3. The Balaban J connectivity index is 1.29. The molecule has 7 heteroatoms. The Bertz CT molecular complexity index is 1150. The fraction of sp³-hybridized carbons (Fsp3) is 0.464. The SMILES string of the molecule is CC1(C)C(=O)N(C2CCC(=O)NC2=O)c2cccc(CCN3CCC(c4ccc(Br)cc4)CC3)c21.